The van der Waals surface area contributed by atoms with Crippen molar-refractivity contribution in [2.75, 3.05) is 33.5 Å². The van der Waals surface area contributed by atoms with Crippen molar-refractivity contribution in [3.63, 3.8) is 0 Å². The first-order valence-electron chi connectivity index (χ1n) is 11.9. The summed E-state index contributed by atoms with van der Waals surface area (Å²) in [6.07, 6.45) is 12.5. The van der Waals surface area contributed by atoms with Crippen LogP contribution in [-0.4, -0.2) is 39.6 Å². The van der Waals surface area contributed by atoms with Gasteiger partial charge in [0.15, 0.2) is 0 Å². The van der Waals surface area contributed by atoms with E-state index in [0.717, 1.165) is 38.1 Å². The summed E-state index contributed by atoms with van der Waals surface area (Å²) in [5.74, 6) is 1.71. The zero-order chi connectivity index (χ0) is 21.6. The highest BCUT2D eigenvalue weighted by Gasteiger charge is 2.24. The van der Waals surface area contributed by atoms with Crippen molar-refractivity contribution in [1.82, 2.24) is 0 Å². The number of hydrogen-bond donors (Lipinski definition) is 0. The molecule has 1 aliphatic heterocycles. The summed E-state index contributed by atoms with van der Waals surface area (Å²) in [5, 5.41) is 0. The van der Waals surface area contributed by atoms with Crippen molar-refractivity contribution in [2.45, 2.75) is 121 Å². The van der Waals surface area contributed by atoms with Crippen molar-refractivity contribution >= 4 is 0 Å². The topological polar surface area (TPSA) is 27.7 Å². The van der Waals surface area contributed by atoms with E-state index in [1.54, 1.807) is 12.7 Å². The molecule has 1 rings (SSSR count). The molecule has 1 heterocycles. The molecule has 186 valence electrons. The van der Waals surface area contributed by atoms with Crippen LogP contribution in [0, 0.1) is 11.8 Å². The molecule has 30 heavy (non-hydrogen) atoms. The fourth-order valence-corrected chi connectivity index (χ4v) is 3.42. The Morgan fingerprint density at radius 3 is 1.80 bits per heavy atom. The van der Waals surface area contributed by atoms with Crippen LogP contribution in [0.15, 0.2) is 11.6 Å². The molecule has 0 saturated carbocycles. The number of allylic oxidation sites excluding steroid dienone is 2. The maximum Gasteiger partial charge on any atom is 0.0704 e. The molecule has 0 spiro atoms. The second-order valence-electron chi connectivity index (χ2n) is 7.61. The SMILES string of the molecule is C.C.C/C=C(\CC)CCC.CCC1COCC1CC.CCCC(CC)OCCOC. The Morgan fingerprint density at radius 1 is 0.933 bits per heavy atom. The van der Waals surface area contributed by atoms with Crippen LogP contribution in [0.1, 0.15) is 115 Å². The minimum Gasteiger partial charge on any atom is -0.382 e. The fraction of sp³-hybridized carbons (Fsp3) is 0.926. The van der Waals surface area contributed by atoms with E-state index in [1.807, 2.05) is 0 Å². The summed E-state index contributed by atoms with van der Waals surface area (Å²) in [6.45, 7) is 18.9. The fourth-order valence-electron chi connectivity index (χ4n) is 3.42. The molecule has 3 nitrogen and oxygen atoms in total. The first-order chi connectivity index (χ1) is 13.6. The Kier molecular flexibility index (Phi) is 35.3. The summed E-state index contributed by atoms with van der Waals surface area (Å²) in [5.41, 5.74) is 1.59. The lowest BCUT2D eigenvalue weighted by Gasteiger charge is -2.14. The highest BCUT2D eigenvalue weighted by molar-refractivity contribution is 4.98. The average Bonchev–Trinajstić information content (AvgIpc) is 3.20. The van der Waals surface area contributed by atoms with Crippen LogP contribution in [0.25, 0.3) is 0 Å². The van der Waals surface area contributed by atoms with Gasteiger partial charge in [-0.05, 0) is 44.4 Å². The molecule has 0 bridgehead atoms. The van der Waals surface area contributed by atoms with Crippen molar-refractivity contribution < 1.29 is 14.2 Å². The smallest absolute Gasteiger partial charge is 0.0704 e. The van der Waals surface area contributed by atoms with Crippen LogP contribution in [0.3, 0.4) is 0 Å². The molecular weight excluding hydrogens is 372 g/mol. The van der Waals surface area contributed by atoms with Gasteiger partial charge < -0.3 is 14.2 Å². The quantitative estimate of drug-likeness (QED) is 0.228. The van der Waals surface area contributed by atoms with E-state index in [1.165, 1.54) is 44.9 Å². The second-order valence-corrected chi connectivity index (χ2v) is 7.61. The van der Waals surface area contributed by atoms with Crippen molar-refractivity contribution in [3.8, 4) is 0 Å². The van der Waals surface area contributed by atoms with E-state index < -0.39 is 0 Å². The molecule has 3 heteroatoms. The number of ether oxygens (including phenoxy) is 3. The zero-order valence-corrected chi connectivity index (χ0v) is 20.5. The summed E-state index contributed by atoms with van der Waals surface area (Å²) < 4.78 is 15.8. The third kappa shape index (κ3) is 20.9. The lowest BCUT2D eigenvalue weighted by Crippen LogP contribution is -2.14. The van der Waals surface area contributed by atoms with Crippen LogP contribution in [0.2, 0.25) is 0 Å². The van der Waals surface area contributed by atoms with Crippen molar-refractivity contribution in [1.29, 1.82) is 0 Å². The minimum absolute atomic E-state index is 0. The summed E-state index contributed by atoms with van der Waals surface area (Å²) in [7, 11) is 1.70. The summed E-state index contributed by atoms with van der Waals surface area (Å²) in [4.78, 5) is 0. The molecule has 0 aromatic carbocycles. The van der Waals surface area contributed by atoms with E-state index in [2.05, 4.69) is 54.5 Å². The summed E-state index contributed by atoms with van der Waals surface area (Å²) >= 11 is 0. The Hall–Kier alpha value is -0.380. The Balaban J connectivity index is -0.000000165. The van der Waals surface area contributed by atoms with Gasteiger partial charge in [-0.1, -0.05) is 93.7 Å². The van der Waals surface area contributed by atoms with E-state index in [9.17, 15) is 0 Å². The van der Waals surface area contributed by atoms with Gasteiger partial charge in [0.25, 0.3) is 0 Å². The Morgan fingerprint density at radius 2 is 1.50 bits per heavy atom. The largest absolute Gasteiger partial charge is 0.382 e. The standard InChI is InChI=1S/C9H20O2.C8H16O.C8H16.2CH4/c1-4-6-9(5-2)11-8-7-10-3;1-3-7-5-9-6-8(7)4-2;1-4-7-8(5-2)6-3;;/h9H,4-8H2,1-3H3;7-8H,3-6H2,1-2H3;5H,4,6-7H2,1-3H3;2*1H4/b;;8-5+;;. The van der Waals surface area contributed by atoms with Gasteiger partial charge >= 0.3 is 0 Å². The second kappa shape index (κ2) is 28.6. The van der Waals surface area contributed by atoms with Gasteiger partial charge in [-0.3, -0.25) is 0 Å². The Bertz CT molecular complexity index is 318. The third-order valence-corrected chi connectivity index (χ3v) is 5.52. The molecular formula is C27H60O3. The predicted octanol–water partition coefficient (Wildman–Crippen LogP) is 8.71. The molecule has 1 saturated heterocycles. The van der Waals surface area contributed by atoms with Gasteiger partial charge in [-0.25, -0.2) is 0 Å². The zero-order valence-electron chi connectivity index (χ0n) is 20.5. The lowest BCUT2D eigenvalue weighted by atomic mass is 9.92. The maximum atomic E-state index is 5.55. The van der Waals surface area contributed by atoms with Crippen LogP contribution in [-0.2, 0) is 14.2 Å². The van der Waals surface area contributed by atoms with Crippen molar-refractivity contribution in [3.05, 3.63) is 11.6 Å². The minimum atomic E-state index is 0. The van der Waals surface area contributed by atoms with Gasteiger partial charge in [-0.15, -0.1) is 0 Å². The van der Waals surface area contributed by atoms with E-state index >= 15 is 0 Å². The normalized spacial score (nSPS) is 18.7. The van der Waals surface area contributed by atoms with Gasteiger partial charge in [0.2, 0.25) is 0 Å². The predicted molar refractivity (Wildman–Crippen MR) is 138 cm³/mol. The molecule has 0 aromatic heterocycles. The number of hydrogen-bond acceptors (Lipinski definition) is 3. The van der Waals surface area contributed by atoms with Crippen molar-refractivity contribution in [2.24, 2.45) is 11.8 Å². The average molecular weight is 433 g/mol. The van der Waals surface area contributed by atoms with Gasteiger partial charge in [-0.2, -0.15) is 0 Å². The molecule has 0 radical (unpaired) electrons. The Labute approximate surface area is 192 Å². The molecule has 0 amide bonds. The van der Waals surface area contributed by atoms with E-state index in [4.69, 9.17) is 14.2 Å². The molecule has 3 unspecified atom stereocenters. The lowest BCUT2D eigenvalue weighted by molar-refractivity contribution is 0.0113. The third-order valence-electron chi connectivity index (χ3n) is 5.52. The van der Waals surface area contributed by atoms with Crippen LogP contribution in [0.4, 0.5) is 0 Å². The van der Waals surface area contributed by atoms with Gasteiger partial charge in [0.05, 0.1) is 19.3 Å². The molecule has 0 aromatic rings. The summed E-state index contributed by atoms with van der Waals surface area (Å²) in [6, 6.07) is 0. The van der Waals surface area contributed by atoms with Crippen LogP contribution >= 0.6 is 0 Å². The van der Waals surface area contributed by atoms with Crippen LogP contribution in [0.5, 0.6) is 0 Å². The number of methoxy groups -OCH3 is 1. The molecule has 0 N–H and O–H groups in total. The number of rotatable bonds is 12. The maximum absolute atomic E-state index is 5.55. The molecule has 3 atom stereocenters. The monoisotopic (exact) mass is 432 g/mol. The molecule has 1 aliphatic rings. The van der Waals surface area contributed by atoms with E-state index in [-0.39, 0.29) is 14.9 Å². The molecule has 1 fully saturated rings. The van der Waals surface area contributed by atoms with Gasteiger partial charge in [0.1, 0.15) is 0 Å². The first-order valence-corrected chi connectivity index (χ1v) is 11.9. The van der Waals surface area contributed by atoms with E-state index in [0.29, 0.717) is 12.7 Å². The first kappa shape index (κ1) is 37.0. The van der Waals surface area contributed by atoms with Gasteiger partial charge in [0, 0.05) is 20.3 Å². The molecule has 0 aliphatic carbocycles. The highest BCUT2D eigenvalue weighted by atomic mass is 16.5. The van der Waals surface area contributed by atoms with Crippen LogP contribution < -0.4 is 0 Å². The highest BCUT2D eigenvalue weighted by Crippen LogP contribution is 2.25.